The summed E-state index contributed by atoms with van der Waals surface area (Å²) in [5, 5.41) is 1.52. The molecule has 0 amide bonds. The number of thiophene rings is 1. The number of methoxy groups -OCH3 is 1. The van der Waals surface area contributed by atoms with Crippen molar-refractivity contribution < 1.29 is 4.74 Å². The van der Waals surface area contributed by atoms with Crippen LogP contribution < -0.4 is 10.3 Å². The van der Waals surface area contributed by atoms with Gasteiger partial charge in [0.2, 0.25) is 0 Å². The van der Waals surface area contributed by atoms with E-state index in [1.807, 2.05) is 36.4 Å². The van der Waals surface area contributed by atoms with E-state index < -0.39 is 0 Å². The molecule has 4 nitrogen and oxygen atoms in total. The molecule has 152 valence electrons. The predicted octanol–water partition coefficient (Wildman–Crippen LogP) is 6.00. The number of aromatic nitrogens is 2. The molecule has 0 spiro atoms. The molecule has 0 fully saturated rings. The van der Waals surface area contributed by atoms with Crippen LogP contribution >= 0.6 is 39.0 Å². The Morgan fingerprint density at radius 3 is 2.63 bits per heavy atom. The maximum Gasteiger partial charge on any atom is 0.267 e. The average Bonchev–Trinajstić information content (AvgIpc) is 3.34. The Balaban J connectivity index is 1.63. The van der Waals surface area contributed by atoms with E-state index in [4.69, 9.17) is 9.72 Å². The van der Waals surface area contributed by atoms with Gasteiger partial charge in [-0.25, -0.2) is 4.98 Å². The molecule has 0 saturated carbocycles. The van der Waals surface area contributed by atoms with Crippen LogP contribution in [0.2, 0.25) is 0 Å². The summed E-state index contributed by atoms with van der Waals surface area (Å²) in [5.41, 5.74) is 3.24. The molecular formula is C23H19BrN2O2S2. The normalized spacial score (nSPS) is 13.0. The SMILES string of the molecule is COc1ccc(-n2c(SCc3ccc(Br)cc3)nc3sc4c(c3c2=O)CCC4)cc1. The van der Waals surface area contributed by atoms with E-state index in [9.17, 15) is 4.79 Å². The monoisotopic (exact) mass is 498 g/mol. The lowest BCUT2D eigenvalue weighted by Gasteiger charge is -2.13. The minimum atomic E-state index is 0.0304. The van der Waals surface area contributed by atoms with Gasteiger partial charge in [-0.15, -0.1) is 11.3 Å². The zero-order chi connectivity index (χ0) is 20.7. The van der Waals surface area contributed by atoms with Crippen molar-refractivity contribution in [3.8, 4) is 11.4 Å². The number of benzene rings is 2. The molecule has 0 radical (unpaired) electrons. The number of nitrogens with zero attached hydrogens (tertiary/aromatic N) is 2. The summed E-state index contributed by atoms with van der Waals surface area (Å²) >= 11 is 6.76. The lowest BCUT2D eigenvalue weighted by molar-refractivity contribution is 0.414. The predicted molar refractivity (Wildman–Crippen MR) is 127 cm³/mol. The molecule has 7 heteroatoms. The summed E-state index contributed by atoms with van der Waals surface area (Å²) < 4.78 is 8.10. The number of fused-ring (bicyclic) bond motifs is 3. The Labute approximate surface area is 191 Å². The van der Waals surface area contributed by atoms with E-state index in [0.717, 1.165) is 56.3 Å². The molecule has 30 heavy (non-hydrogen) atoms. The molecule has 0 bridgehead atoms. The van der Waals surface area contributed by atoms with E-state index in [-0.39, 0.29) is 5.56 Å². The van der Waals surface area contributed by atoms with E-state index in [2.05, 4.69) is 28.1 Å². The Bertz CT molecular complexity index is 1280. The minimum absolute atomic E-state index is 0.0304. The van der Waals surface area contributed by atoms with Crippen LogP contribution in [-0.2, 0) is 18.6 Å². The molecule has 0 unspecified atom stereocenters. The van der Waals surface area contributed by atoms with Gasteiger partial charge in [-0.05, 0) is 66.8 Å². The van der Waals surface area contributed by atoms with Gasteiger partial charge in [-0.1, -0.05) is 39.8 Å². The van der Waals surface area contributed by atoms with Gasteiger partial charge >= 0.3 is 0 Å². The van der Waals surface area contributed by atoms with E-state index in [1.54, 1.807) is 34.8 Å². The number of halogens is 1. The van der Waals surface area contributed by atoms with Crippen LogP contribution in [0, 0.1) is 0 Å². The molecule has 0 aliphatic heterocycles. The molecule has 2 aromatic carbocycles. The number of ether oxygens (including phenoxy) is 1. The Hall–Kier alpha value is -2.09. The summed E-state index contributed by atoms with van der Waals surface area (Å²) in [6, 6.07) is 15.9. The van der Waals surface area contributed by atoms with Crippen molar-refractivity contribution in [2.24, 2.45) is 0 Å². The molecule has 2 aromatic heterocycles. The second-order valence-electron chi connectivity index (χ2n) is 7.19. The average molecular weight is 499 g/mol. The fourth-order valence-electron chi connectivity index (χ4n) is 3.81. The van der Waals surface area contributed by atoms with Crippen LogP contribution in [0.3, 0.4) is 0 Å². The van der Waals surface area contributed by atoms with E-state index in [0.29, 0.717) is 0 Å². The topological polar surface area (TPSA) is 44.1 Å². The maximum atomic E-state index is 13.7. The van der Waals surface area contributed by atoms with Gasteiger partial charge in [0.05, 0.1) is 18.2 Å². The van der Waals surface area contributed by atoms with E-state index in [1.165, 1.54) is 16.0 Å². The smallest absolute Gasteiger partial charge is 0.267 e. The Kier molecular flexibility index (Phi) is 5.43. The summed E-state index contributed by atoms with van der Waals surface area (Å²) in [5.74, 6) is 1.51. The van der Waals surface area contributed by atoms with Crippen molar-refractivity contribution in [2.75, 3.05) is 7.11 Å². The summed E-state index contributed by atoms with van der Waals surface area (Å²) in [4.78, 5) is 20.8. The van der Waals surface area contributed by atoms with Crippen molar-refractivity contribution in [2.45, 2.75) is 30.2 Å². The highest BCUT2D eigenvalue weighted by Crippen LogP contribution is 2.36. The van der Waals surface area contributed by atoms with Crippen LogP contribution in [0.4, 0.5) is 0 Å². The van der Waals surface area contributed by atoms with Crippen LogP contribution in [0.1, 0.15) is 22.4 Å². The molecule has 0 saturated heterocycles. The lowest BCUT2D eigenvalue weighted by atomic mass is 10.2. The van der Waals surface area contributed by atoms with Crippen LogP contribution in [0.15, 0.2) is 63.0 Å². The molecule has 0 atom stereocenters. The van der Waals surface area contributed by atoms with Gasteiger partial charge in [-0.2, -0.15) is 0 Å². The largest absolute Gasteiger partial charge is 0.497 e. The minimum Gasteiger partial charge on any atom is -0.497 e. The van der Waals surface area contributed by atoms with Crippen molar-refractivity contribution in [1.29, 1.82) is 0 Å². The molecule has 2 heterocycles. The van der Waals surface area contributed by atoms with Gasteiger partial charge in [0, 0.05) is 15.1 Å². The van der Waals surface area contributed by atoms with Gasteiger partial charge in [-0.3, -0.25) is 9.36 Å². The first-order chi connectivity index (χ1) is 14.6. The number of rotatable bonds is 5. The number of hydrogen-bond donors (Lipinski definition) is 0. The van der Waals surface area contributed by atoms with Gasteiger partial charge < -0.3 is 4.74 Å². The highest BCUT2D eigenvalue weighted by atomic mass is 79.9. The number of thioether (sulfide) groups is 1. The van der Waals surface area contributed by atoms with Crippen molar-refractivity contribution in [3.05, 3.63) is 79.4 Å². The van der Waals surface area contributed by atoms with Crippen molar-refractivity contribution in [1.82, 2.24) is 9.55 Å². The van der Waals surface area contributed by atoms with E-state index >= 15 is 0 Å². The maximum absolute atomic E-state index is 13.7. The Morgan fingerprint density at radius 2 is 1.90 bits per heavy atom. The summed E-state index contributed by atoms with van der Waals surface area (Å²) in [6.45, 7) is 0. The molecule has 0 N–H and O–H groups in total. The summed E-state index contributed by atoms with van der Waals surface area (Å²) in [6.07, 6.45) is 3.15. The van der Waals surface area contributed by atoms with Crippen molar-refractivity contribution >= 4 is 49.2 Å². The molecule has 5 rings (SSSR count). The van der Waals surface area contributed by atoms with Gasteiger partial charge in [0.25, 0.3) is 5.56 Å². The highest BCUT2D eigenvalue weighted by molar-refractivity contribution is 9.10. The zero-order valence-corrected chi connectivity index (χ0v) is 19.6. The third kappa shape index (κ3) is 3.59. The zero-order valence-electron chi connectivity index (χ0n) is 16.4. The van der Waals surface area contributed by atoms with Gasteiger partial charge in [0.15, 0.2) is 5.16 Å². The lowest BCUT2D eigenvalue weighted by Crippen LogP contribution is -2.21. The highest BCUT2D eigenvalue weighted by Gasteiger charge is 2.24. The fraction of sp³-hybridized carbons (Fsp3) is 0.217. The molecule has 1 aliphatic rings. The second-order valence-corrected chi connectivity index (χ2v) is 10.1. The molecule has 4 aromatic rings. The fourth-order valence-corrected chi connectivity index (χ4v) is 6.34. The van der Waals surface area contributed by atoms with Gasteiger partial charge in [0.1, 0.15) is 10.6 Å². The standard InChI is InChI=1S/C23H19BrN2O2S2/c1-28-17-11-9-16(10-12-17)26-22(27)20-18-3-2-4-19(18)30-21(20)25-23(26)29-13-14-5-7-15(24)8-6-14/h5-12H,2-4,13H2,1H3. The van der Waals surface area contributed by atoms with Crippen molar-refractivity contribution in [3.63, 3.8) is 0 Å². The third-order valence-corrected chi connectivity index (χ3v) is 8.04. The first-order valence-electron chi connectivity index (χ1n) is 9.73. The van der Waals surface area contributed by atoms with Crippen LogP contribution in [-0.4, -0.2) is 16.7 Å². The first-order valence-corrected chi connectivity index (χ1v) is 12.3. The third-order valence-electron chi connectivity index (χ3n) is 5.32. The molecular weight excluding hydrogens is 480 g/mol. The van der Waals surface area contributed by atoms with Crippen LogP contribution in [0.5, 0.6) is 5.75 Å². The summed E-state index contributed by atoms with van der Waals surface area (Å²) in [7, 11) is 1.64. The molecule has 1 aliphatic carbocycles. The van der Waals surface area contributed by atoms with Crippen LogP contribution in [0.25, 0.3) is 15.9 Å². The number of aryl methyl sites for hydroxylation is 2. The Morgan fingerprint density at radius 1 is 1.13 bits per heavy atom. The number of hydrogen-bond acceptors (Lipinski definition) is 5. The second kappa shape index (κ2) is 8.21. The quantitative estimate of drug-likeness (QED) is 0.250. The first kappa shape index (κ1) is 19.8.